The molecule has 0 aliphatic carbocycles. The molecular weight excluding hydrogens is 434 g/mol. The van der Waals surface area contributed by atoms with Crippen molar-refractivity contribution >= 4 is 5.91 Å². The Morgan fingerprint density at radius 2 is 1.91 bits per heavy atom. The molecule has 3 aromatic rings. The molecule has 8 heteroatoms. The first kappa shape index (κ1) is 23.6. The SMILES string of the molecule is CCOc1cc([C@@H]2c3c(-c4cc(C)ccc4O)n[nH]c3C(=O)N2CCCOC(C)C)ccc1O. The first-order chi connectivity index (χ1) is 16.3. The van der Waals surface area contributed by atoms with Gasteiger partial charge in [0.25, 0.3) is 5.91 Å². The average molecular weight is 466 g/mol. The third-order valence-electron chi connectivity index (χ3n) is 5.86. The van der Waals surface area contributed by atoms with E-state index < -0.39 is 6.04 Å². The number of fused-ring (bicyclic) bond motifs is 1. The average Bonchev–Trinajstić information content (AvgIpc) is 3.34. The fourth-order valence-corrected chi connectivity index (χ4v) is 4.34. The van der Waals surface area contributed by atoms with Gasteiger partial charge in [0.15, 0.2) is 11.5 Å². The second-order valence-corrected chi connectivity index (χ2v) is 8.72. The van der Waals surface area contributed by atoms with Crippen LogP contribution in [0.4, 0.5) is 0 Å². The molecule has 0 spiro atoms. The standard InChI is InChI=1S/C26H31N3O5/c1-5-33-21-14-17(8-10-20(21)31)25-22-23(18-13-16(4)7-9-19(18)30)27-28-24(22)26(32)29(25)11-6-12-34-15(2)3/h7-10,13-15,25,30-31H,5-6,11-12H2,1-4H3,(H,27,28)/t25-/m1/s1. The lowest BCUT2D eigenvalue weighted by Crippen LogP contribution is -2.31. The fraction of sp³-hybridized carbons (Fsp3) is 0.385. The molecule has 0 unspecified atom stereocenters. The van der Waals surface area contributed by atoms with Gasteiger partial charge in [0.2, 0.25) is 0 Å². The van der Waals surface area contributed by atoms with E-state index in [1.807, 2.05) is 39.8 Å². The molecule has 0 saturated heterocycles. The minimum atomic E-state index is -0.463. The minimum absolute atomic E-state index is 0.0378. The summed E-state index contributed by atoms with van der Waals surface area (Å²) in [6.07, 6.45) is 0.781. The maximum Gasteiger partial charge on any atom is 0.273 e. The van der Waals surface area contributed by atoms with Crippen LogP contribution in [-0.2, 0) is 4.74 Å². The molecule has 1 aliphatic rings. The summed E-state index contributed by atoms with van der Waals surface area (Å²) in [6, 6.07) is 9.97. The summed E-state index contributed by atoms with van der Waals surface area (Å²) in [4.78, 5) is 15.2. The van der Waals surface area contributed by atoms with E-state index in [-0.39, 0.29) is 23.5 Å². The summed E-state index contributed by atoms with van der Waals surface area (Å²) in [7, 11) is 0. The number of phenolic OH excluding ortho intramolecular Hbond substituents is 2. The molecule has 4 rings (SSSR count). The van der Waals surface area contributed by atoms with Crippen molar-refractivity contribution in [3.05, 3.63) is 58.8 Å². The zero-order valence-electron chi connectivity index (χ0n) is 20.0. The van der Waals surface area contributed by atoms with Crippen molar-refractivity contribution in [2.24, 2.45) is 0 Å². The predicted octanol–water partition coefficient (Wildman–Crippen LogP) is 4.56. The lowest BCUT2D eigenvalue weighted by molar-refractivity contribution is 0.0601. The number of benzene rings is 2. The van der Waals surface area contributed by atoms with Gasteiger partial charge < -0.3 is 24.6 Å². The molecule has 0 saturated carbocycles. The number of nitrogens with one attached hydrogen (secondary N) is 1. The topological polar surface area (TPSA) is 108 Å². The Morgan fingerprint density at radius 3 is 2.65 bits per heavy atom. The maximum atomic E-state index is 13.5. The monoisotopic (exact) mass is 465 g/mol. The highest BCUT2D eigenvalue weighted by atomic mass is 16.5. The summed E-state index contributed by atoms with van der Waals surface area (Å²) in [5, 5.41) is 28.1. The van der Waals surface area contributed by atoms with Gasteiger partial charge in [-0.2, -0.15) is 5.10 Å². The zero-order chi connectivity index (χ0) is 24.4. The number of carbonyl (C=O) groups excluding carboxylic acids is 1. The van der Waals surface area contributed by atoms with E-state index in [1.54, 1.807) is 29.2 Å². The molecule has 1 aliphatic heterocycles. The van der Waals surface area contributed by atoms with Gasteiger partial charge >= 0.3 is 0 Å². The smallest absolute Gasteiger partial charge is 0.273 e. The number of H-pyrrole nitrogens is 1. The summed E-state index contributed by atoms with van der Waals surface area (Å²) in [5.74, 6) is 0.320. The van der Waals surface area contributed by atoms with E-state index in [0.29, 0.717) is 54.4 Å². The summed E-state index contributed by atoms with van der Waals surface area (Å²) < 4.78 is 11.3. The van der Waals surface area contributed by atoms with Gasteiger partial charge in [-0.1, -0.05) is 17.7 Å². The molecule has 1 atom stereocenters. The molecule has 0 radical (unpaired) electrons. The van der Waals surface area contributed by atoms with Gasteiger partial charge in [0, 0.05) is 24.3 Å². The van der Waals surface area contributed by atoms with Crippen LogP contribution in [0.2, 0.25) is 0 Å². The van der Waals surface area contributed by atoms with Crippen molar-refractivity contribution < 1.29 is 24.5 Å². The third kappa shape index (κ3) is 4.46. The summed E-state index contributed by atoms with van der Waals surface area (Å²) >= 11 is 0. The van der Waals surface area contributed by atoms with Crippen LogP contribution in [0.5, 0.6) is 17.2 Å². The van der Waals surface area contributed by atoms with E-state index in [4.69, 9.17) is 9.47 Å². The number of hydrogen-bond acceptors (Lipinski definition) is 6. The largest absolute Gasteiger partial charge is 0.507 e. The first-order valence-corrected chi connectivity index (χ1v) is 11.6. The number of rotatable bonds is 9. The third-order valence-corrected chi connectivity index (χ3v) is 5.86. The van der Waals surface area contributed by atoms with Gasteiger partial charge in [-0.15, -0.1) is 0 Å². The number of amides is 1. The Hall–Kier alpha value is -3.52. The van der Waals surface area contributed by atoms with Crippen molar-refractivity contribution in [2.45, 2.75) is 46.3 Å². The lowest BCUT2D eigenvalue weighted by atomic mass is 9.94. The van der Waals surface area contributed by atoms with Gasteiger partial charge in [0.1, 0.15) is 17.1 Å². The van der Waals surface area contributed by atoms with Crippen molar-refractivity contribution in [3.63, 3.8) is 0 Å². The van der Waals surface area contributed by atoms with E-state index in [0.717, 1.165) is 11.1 Å². The summed E-state index contributed by atoms with van der Waals surface area (Å²) in [6.45, 7) is 9.15. The number of carbonyl (C=O) groups is 1. The van der Waals surface area contributed by atoms with Crippen LogP contribution >= 0.6 is 0 Å². The number of hydrogen-bond donors (Lipinski definition) is 3. The maximum absolute atomic E-state index is 13.5. The minimum Gasteiger partial charge on any atom is -0.507 e. The second kappa shape index (κ2) is 9.77. The van der Waals surface area contributed by atoms with Crippen molar-refractivity contribution in [1.82, 2.24) is 15.1 Å². The highest BCUT2D eigenvalue weighted by molar-refractivity contribution is 6.00. The Labute approximate surface area is 199 Å². The van der Waals surface area contributed by atoms with Gasteiger partial charge in [-0.05, 0) is 63.9 Å². The van der Waals surface area contributed by atoms with Crippen LogP contribution in [0.3, 0.4) is 0 Å². The highest BCUT2D eigenvalue weighted by Gasteiger charge is 2.42. The molecule has 0 fully saturated rings. The number of nitrogens with zero attached hydrogens (tertiary/aromatic N) is 2. The molecule has 2 aromatic carbocycles. The molecule has 0 bridgehead atoms. The molecular formula is C26H31N3O5. The Balaban J connectivity index is 1.80. The number of aromatic amines is 1. The molecule has 180 valence electrons. The van der Waals surface area contributed by atoms with Crippen LogP contribution in [0.25, 0.3) is 11.3 Å². The van der Waals surface area contributed by atoms with Crippen LogP contribution in [0, 0.1) is 6.92 Å². The van der Waals surface area contributed by atoms with Crippen LogP contribution < -0.4 is 4.74 Å². The lowest BCUT2D eigenvalue weighted by Gasteiger charge is -2.27. The molecule has 1 amide bonds. The molecule has 1 aromatic heterocycles. The van der Waals surface area contributed by atoms with E-state index >= 15 is 0 Å². The van der Waals surface area contributed by atoms with Crippen LogP contribution in [-0.4, -0.2) is 57.1 Å². The van der Waals surface area contributed by atoms with Crippen LogP contribution in [0.1, 0.15) is 60.4 Å². The summed E-state index contributed by atoms with van der Waals surface area (Å²) in [5.41, 5.74) is 3.94. The van der Waals surface area contributed by atoms with E-state index in [1.165, 1.54) is 0 Å². The van der Waals surface area contributed by atoms with E-state index in [9.17, 15) is 15.0 Å². The van der Waals surface area contributed by atoms with E-state index in [2.05, 4.69) is 10.2 Å². The zero-order valence-corrected chi connectivity index (χ0v) is 20.0. The predicted molar refractivity (Wildman–Crippen MR) is 128 cm³/mol. The quantitative estimate of drug-likeness (QED) is 0.400. The van der Waals surface area contributed by atoms with Gasteiger partial charge in [0.05, 0.1) is 18.8 Å². The van der Waals surface area contributed by atoms with Crippen molar-refractivity contribution in [3.8, 4) is 28.5 Å². The number of phenols is 2. The molecule has 3 N–H and O–H groups in total. The highest BCUT2D eigenvalue weighted by Crippen LogP contribution is 2.46. The van der Waals surface area contributed by atoms with Gasteiger partial charge in [-0.25, -0.2) is 0 Å². The van der Waals surface area contributed by atoms with Crippen molar-refractivity contribution in [2.75, 3.05) is 19.8 Å². The van der Waals surface area contributed by atoms with Crippen LogP contribution in [0.15, 0.2) is 36.4 Å². The normalized spacial score (nSPS) is 15.3. The van der Waals surface area contributed by atoms with Crippen molar-refractivity contribution in [1.29, 1.82) is 0 Å². The number of ether oxygens (including phenoxy) is 2. The molecule has 8 nitrogen and oxygen atoms in total. The van der Waals surface area contributed by atoms with Gasteiger partial charge in [-0.3, -0.25) is 9.89 Å². The Bertz CT molecular complexity index is 1190. The number of aryl methyl sites for hydroxylation is 1. The Morgan fingerprint density at radius 1 is 1.15 bits per heavy atom. The first-order valence-electron chi connectivity index (χ1n) is 11.6. The fourth-order valence-electron chi connectivity index (χ4n) is 4.34. The Kier molecular flexibility index (Phi) is 6.79. The molecule has 2 heterocycles. The number of aromatic hydroxyl groups is 2. The second-order valence-electron chi connectivity index (χ2n) is 8.72. The number of aromatic nitrogens is 2. The molecule has 34 heavy (non-hydrogen) atoms.